The Bertz CT molecular complexity index is 512. The molecule has 0 radical (unpaired) electrons. The number of nitrogens with two attached hydrogens (primary N) is 1. The lowest BCUT2D eigenvalue weighted by Gasteiger charge is -2.42. The minimum Gasteiger partial charge on any atom is -0.476 e. The van der Waals surface area contributed by atoms with Gasteiger partial charge in [0.1, 0.15) is 11.7 Å². The first-order chi connectivity index (χ1) is 10.2. The van der Waals surface area contributed by atoms with Crippen LogP contribution in [0.3, 0.4) is 0 Å². The molecule has 1 fully saturated rings. The van der Waals surface area contributed by atoms with Gasteiger partial charge in [0.15, 0.2) is 11.9 Å². The molecule has 1 amide bonds. The largest absolute Gasteiger partial charge is 0.476 e. The van der Waals surface area contributed by atoms with Crippen LogP contribution in [0.15, 0.2) is 11.5 Å². The van der Waals surface area contributed by atoms with E-state index in [2.05, 4.69) is 0 Å². The summed E-state index contributed by atoms with van der Waals surface area (Å²) in [5, 5.41) is 19.1. The highest BCUT2D eigenvalue weighted by atomic mass is 16.5. The number of carbonyl (C=O) groups is 2. The highest BCUT2D eigenvalue weighted by Gasteiger charge is 2.60. The summed E-state index contributed by atoms with van der Waals surface area (Å²) in [5.74, 6) is -1.96. The molecule has 124 valence electrons. The Morgan fingerprint density at radius 2 is 2.09 bits per heavy atom. The predicted octanol–water partition coefficient (Wildman–Crippen LogP) is 0.633. The maximum atomic E-state index is 12.1. The Labute approximate surface area is 129 Å². The van der Waals surface area contributed by atoms with Crippen molar-refractivity contribution >= 4 is 11.9 Å². The van der Waals surface area contributed by atoms with Gasteiger partial charge in [-0.1, -0.05) is 20.3 Å². The van der Waals surface area contributed by atoms with Crippen LogP contribution in [-0.4, -0.2) is 45.9 Å². The van der Waals surface area contributed by atoms with E-state index in [0.29, 0.717) is 18.7 Å². The number of ether oxygens (including phenoxy) is 1. The maximum Gasteiger partial charge on any atom is 0.356 e. The van der Waals surface area contributed by atoms with E-state index in [0.717, 1.165) is 17.7 Å². The van der Waals surface area contributed by atoms with E-state index in [4.69, 9.17) is 10.5 Å². The van der Waals surface area contributed by atoms with Crippen LogP contribution < -0.4 is 5.73 Å². The second-order valence-corrected chi connectivity index (χ2v) is 6.60. The van der Waals surface area contributed by atoms with Crippen molar-refractivity contribution in [2.45, 2.75) is 52.4 Å². The summed E-state index contributed by atoms with van der Waals surface area (Å²) in [6, 6.07) is 0. The van der Waals surface area contributed by atoms with E-state index >= 15 is 0 Å². The van der Waals surface area contributed by atoms with E-state index in [1.807, 2.05) is 13.8 Å². The predicted molar refractivity (Wildman–Crippen MR) is 78.2 cm³/mol. The average Bonchev–Trinajstić information content (AvgIpc) is 2.74. The minimum absolute atomic E-state index is 0.0929. The molecule has 0 aromatic carbocycles. The van der Waals surface area contributed by atoms with Crippen LogP contribution in [0.4, 0.5) is 0 Å². The van der Waals surface area contributed by atoms with Gasteiger partial charge in [0.25, 0.3) is 0 Å². The summed E-state index contributed by atoms with van der Waals surface area (Å²) >= 11 is 0. The molecule has 0 saturated carbocycles. The second kappa shape index (κ2) is 5.89. The van der Waals surface area contributed by atoms with E-state index in [-0.39, 0.29) is 5.70 Å². The van der Waals surface area contributed by atoms with E-state index < -0.39 is 35.5 Å². The lowest BCUT2D eigenvalue weighted by Crippen LogP contribution is -2.62. The third-order valence-corrected chi connectivity index (χ3v) is 4.37. The molecule has 0 spiro atoms. The van der Waals surface area contributed by atoms with Gasteiger partial charge in [-0.2, -0.15) is 0 Å². The minimum atomic E-state index is -1.18. The molecule has 3 atom stereocenters. The van der Waals surface area contributed by atoms with Crippen molar-refractivity contribution in [3.63, 3.8) is 0 Å². The highest BCUT2D eigenvalue weighted by Crippen LogP contribution is 2.48. The molecular formula is C15H24N2O5. The first kappa shape index (κ1) is 16.8. The zero-order chi connectivity index (χ0) is 16.7. The first-order valence-electron chi connectivity index (χ1n) is 7.58. The number of carboxylic acids is 1. The highest BCUT2D eigenvalue weighted by molar-refractivity contribution is 5.98. The van der Waals surface area contributed by atoms with E-state index in [1.165, 1.54) is 6.92 Å². The van der Waals surface area contributed by atoms with E-state index in [9.17, 15) is 19.8 Å². The molecule has 0 aromatic heterocycles. The molecule has 0 aromatic rings. The van der Waals surface area contributed by atoms with Gasteiger partial charge in [0.2, 0.25) is 5.91 Å². The second-order valence-electron chi connectivity index (χ2n) is 6.60. The third-order valence-electron chi connectivity index (χ3n) is 4.37. The number of fused-ring (bicyclic) bond motifs is 1. The maximum absolute atomic E-state index is 12.1. The normalized spacial score (nSPS) is 25.7. The molecule has 2 rings (SSSR count). The number of unbranched alkanes of at least 4 members (excludes halogenated alkanes) is 1. The summed E-state index contributed by atoms with van der Waals surface area (Å²) in [5.41, 5.74) is 4.89. The summed E-state index contributed by atoms with van der Waals surface area (Å²) in [7, 11) is 0. The van der Waals surface area contributed by atoms with Crippen LogP contribution >= 0.6 is 0 Å². The van der Waals surface area contributed by atoms with Crippen molar-refractivity contribution < 1.29 is 24.5 Å². The molecule has 7 nitrogen and oxygen atoms in total. The van der Waals surface area contributed by atoms with E-state index in [1.54, 1.807) is 0 Å². The molecule has 2 heterocycles. The molecule has 2 aliphatic rings. The topological polar surface area (TPSA) is 113 Å². The number of amides is 1. The number of hydrogen-bond donors (Lipinski definition) is 3. The molecule has 22 heavy (non-hydrogen) atoms. The van der Waals surface area contributed by atoms with Crippen LogP contribution in [0, 0.1) is 11.3 Å². The number of allylic oxidation sites excluding steroid dienone is 1. The van der Waals surface area contributed by atoms with Crippen molar-refractivity contribution in [1.82, 2.24) is 4.90 Å². The fourth-order valence-corrected chi connectivity index (χ4v) is 3.09. The number of rotatable bonds is 7. The zero-order valence-electron chi connectivity index (χ0n) is 13.2. The van der Waals surface area contributed by atoms with Gasteiger partial charge in [-0.15, -0.1) is 0 Å². The first-order valence-corrected chi connectivity index (χ1v) is 7.58. The van der Waals surface area contributed by atoms with Crippen molar-refractivity contribution in [3.8, 4) is 0 Å². The lowest BCUT2D eigenvalue weighted by atomic mass is 9.84. The van der Waals surface area contributed by atoms with Crippen LogP contribution in [0.2, 0.25) is 0 Å². The molecule has 0 unspecified atom stereocenters. The van der Waals surface area contributed by atoms with Crippen molar-refractivity contribution in [2.75, 3.05) is 6.54 Å². The Hall–Kier alpha value is -1.60. The Morgan fingerprint density at radius 1 is 1.45 bits per heavy atom. The quantitative estimate of drug-likeness (QED) is 0.469. The smallest absolute Gasteiger partial charge is 0.356 e. The van der Waals surface area contributed by atoms with Crippen LogP contribution in [0.5, 0.6) is 0 Å². The van der Waals surface area contributed by atoms with Crippen LogP contribution in [0.1, 0.15) is 40.0 Å². The molecule has 4 N–H and O–H groups in total. The lowest BCUT2D eigenvalue weighted by molar-refractivity contribution is -0.183. The molecule has 1 saturated heterocycles. The molecule has 0 aliphatic carbocycles. The molecule has 2 aliphatic heterocycles. The third kappa shape index (κ3) is 2.59. The number of nitrogens with zero attached hydrogens (tertiary/aromatic N) is 1. The van der Waals surface area contributed by atoms with Crippen LogP contribution in [-0.2, 0) is 14.3 Å². The Kier molecular flexibility index (Phi) is 4.49. The van der Waals surface area contributed by atoms with Crippen LogP contribution in [0.25, 0.3) is 0 Å². The average molecular weight is 312 g/mol. The van der Waals surface area contributed by atoms with Gasteiger partial charge in [-0.05, 0) is 26.3 Å². The molecule has 0 bridgehead atoms. The van der Waals surface area contributed by atoms with Gasteiger partial charge >= 0.3 is 5.97 Å². The monoisotopic (exact) mass is 312 g/mol. The molecular weight excluding hydrogens is 288 g/mol. The number of β-lactam (4-membered cyclic amide) rings is 1. The summed E-state index contributed by atoms with van der Waals surface area (Å²) < 4.78 is 5.79. The SMILES string of the molecule is C[C@H](O)[C@H]1C(=O)N2C(C(=O)O)=C(C(C)(C)CCCCN)O[C@H]12. The number of hydrogen-bond acceptors (Lipinski definition) is 5. The number of carboxylic acid groups (broad SMARTS) is 1. The Balaban J connectivity index is 2.27. The fraction of sp³-hybridized carbons (Fsp3) is 0.733. The van der Waals surface area contributed by atoms with Gasteiger partial charge in [-0.25, -0.2) is 4.79 Å². The Morgan fingerprint density at radius 3 is 2.59 bits per heavy atom. The van der Waals surface area contributed by atoms with Gasteiger partial charge in [0, 0.05) is 5.41 Å². The summed E-state index contributed by atoms with van der Waals surface area (Å²) in [6.45, 7) is 5.89. The number of aliphatic hydroxyl groups is 1. The zero-order valence-corrected chi connectivity index (χ0v) is 13.2. The van der Waals surface area contributed by atoms with Crippen molar-refractivity contribution in [3.05, 3.63) is 11.5 Å². The van der Waals surface area contributed by atoms with Gasteiger partial charge in [0.05, 0.1) is 6.10 Å². The molecule has 7 heteroatoms. The van der Waals surface area contributed by atoms with Crippen molar-refractivity contribution in [1.29, 1.82) is 0 Å². The number of carbonyl (C=O) groups excluding carboxylic acids is 1. The summed E-state index contributed by atoms with van der Waals surface area (Å²) in [6.07, 6.45) is 0.832. The van der Waals surface area contributed by atoms with Gasteiger partial charge < -0.3 is 20.7 Å². The summed E-state index contributed by atoms with van der Waals surface area (Å²) in [4.78, 5) is 24.8. The standard InChI is InChI=1S/C15H24N2O5/c1-8(18)9-12(19)17-10(14(20)21)11(22-13(9)17)15(2,3)6-4-5-7-16/h8-9,13,18H,4-7,16H2,1-3H3,(H,20,21)/t8-,9-,13+/m0/s1. The fourth-order valence-electron chi connectivity index (χ4n) is 3.09. The van der Waals surface area contributed by atoms with Crippen molar-refractivity contribution in [2.24, 2.45) is 17.1 Å². The number of aliphatic carboxylic acids is 1. The number of aliphatic hydroxyl groups excluding tert-OH is 1. The van der Waals surface area contributed by atoms with Gasteiger partial charge in [-0.3, -0.25) is 9.69 Å².